The maximum atomic E-state index is 12.3. The summed E-state index contributed by atoms with van der Waals surface area (Å²) >= 11 is 0. The third-order valence-electron chi connectivity index (χ3n) is 5.67. The van der Waals surface area contributed by atoms with Crippen LogP contribution in [0.4, 0.5) is 5.69 Å². The van der Waals surface area contributed by atoms with E-state index in [1.165, 1.54) is 6.07 Å². The molecule has 1 aromatic heterocycles. The number of aliphatic hydroxyl groups is 3. The molecule has 2 aromatic carbocycles. The molecule has 0 aliphatic carbocycles. The second-order valence-corrected chi connectivity index (χ2v) is 7.60. The van der Waals surface area contributed by atoms with Gasteiger partial charge in [0.2, 0.25) is 0 Å². The second-order valence-electron chi connectivity index (χ2n) is 7.60. The number of phenolic OH excluding ortho intramolecular Hbond substituents is 1. The van der Waals surface area contributed by atoms with Crippen LogP contribution in [0.2, 0.25) is 0 Å². The Morgan fingerprint density at radius 1 is 1.17 bits per heavy atom. The van der Waals surface area contributed by atoms with Gasteiger partial charge in [0.05, 0.1) is 6.61 Å². The maximum Gasteiger partial charge on any atom is 0.196 e. The lowest BCUT2D eigenvalue weighted by molar-refractivity contribution is -0.101. The van der Waals surface area contributed by atoms with Gasteiger partial charge in [-0.15, -0.1) is 0 Å². The summed E-state index contributed by atoms with van der Waals surface area (Å²) in [7, 11) is 0. The molecule has 0 saturated carbocycles. The summed E-state index contributed by atoms with van der Waals surface area (Å²) in [4.78, 5) is 12.3. The van der Waals surface area contributed by atoms with Crippen LogP contribution in [0.5, 0.6) is 11.5 Å². The number of anilines is 1. The van der Waals surface area contributed by atoms with E-state index >= 15 is 0 Å². The predicted octanol–water partition coefficient (Wildman–Crippen LogP) is 1.23. The number of aliphatic hydroxyl groups excluding tert-OH is 3. The molecule has 0 radical (unpaired) electrons. The molecule has 0 unspecified atom stereocenters. The molecular weight excluding hydrogens is 390 g/mol. The molecule has 158 valence electrons. The lowest BCUT2D eigenvalue weighted by Gasteiger charge is -2.41. The molecule has 0 amide bonds. The molecular formula is C22H23NO7. The number of benzene rings is 2. The first-order chi connectivity index (χ1) is 14.4. The van der Waals surface area contributed by atoms with E-state index in [9.17, 15) is 25.2 Å². The van der Waals surface area contributed by atoms with Crippen molar-refractivity contribution >= 4 is 16.7 Å². The van der Waals surface area contributed by atoms with Crippen molar-refractivity contribution in [3.8, 4) is 11.5 Å². The van der Waals surface area contributed by atoms with E-state index in [4.69, 9.17) is 14.9 Å². The van der Waals surface area contributed by atoms with E-state index in [1.807, 2.05) is 12.1 Å². The summed E-state index contributed by atoms with van der Waals surface area (Å²) in [5.41, 5.74) is 5.87. The third kappa shape index (κ3) is 3.39. The molecule has 2 heterocycles. The summed E-state index contributed by atoms with van der Waals surface area (Å²) in [5, 5.41) is 40.8. The molecule has 3 aromatic rings. The lowest BCUT2D eigenvalue weighted by Crippen LogP contribution is -2.54. The van der Waals surface area contributed by atoms with E-state index in [1.54, 1.807) is 12.1 Å². The Balaban J connectivity index is 1.72. The maximum absolute atomic E-state index is 12.3. The van der Waals surface area contributed by atoms with Gasteiger partial charge < -0.3 is 35.3 Å². The minimum Gasteiger partial charge on any atom is -0.507 e. The summed E-state index contributed by atoms with van der Waals surface area (Å²) in [5.74, 6) is -0.0563. The molecule has 2 atom stereocenters. The topological polar surface area (TPSA) is 146 Å². The first-order valence-corrected chi connectivity index (χ1v) is 9.61. The Hall–Kier alpha value is -3.07. The summed E-state index contributed by atoms with van der Waals surface area (Å²) in [6.07, 6.45) is -0.263. The fraction of sp³-hybridized carbons (Fsp3) is 0.318. The standard InChI is InChI=1S/C22H23NO7/c23-13-3-1-12(2-4-13)5-6-22(11-25)19(27)8-15-17(30-22)9-18-20(21(15)28)16(26)7-14(10-24)29-18/h1-4,7,9,19,24-25,27-28H,5-6,8,10-11,23H2/t19-,22+/m1/s1. The van der Waals surface area contributed by atoms with E-state index in [-0.39, 0.29) is 40.2 Å². The number of nitrogen functional groups attached to an aromatic ring is 1. The van der Waals surface area contributed by atoms with Gasteiger partial charge in [-0.25, -0.2) is 0 Å². The lowest BCUT2D eigenvalue weighted by atomic mass is 9.83. The number of ether oxygens (including phenoxy) is 1. The Bertz CT molecular complexity index is 1140. The zero-order chi connectivity index (χ0) is 21.5. The SMILES string of the molecule is Nc1ccc(CC[C@@]2(CO)Oc3cc4oc(CO)cc(=O)c4c(O)c3C[C@H]2O)cc1. The van der Waals surface area contributed by atoms with Gasteiger partial charge in [0.25, 0.3) is 0 Å². The van der Waals surface area contributed by atoms with Gasteiger partial charge >= 0.3 is 0 Å². The van der Waals surface area contributed by atoms with Crippen molar-refractivity contribution in [2.75, 3.05) is 12.3 Å². The number of aromatic hydroxyl groups is 1. The van der Waals surface area contributed by atoms with Gasteiger partial charge in [-0.3, -0.25) is 4.79 Å². The Labute approximate surface area is 171 Å². The highest BCUT2D eigenvalue weighted by Gasteiger charge is 2.45. The molecule has 8 heteroatoms. The van der Waals surface area contributed by atoms with Gasteiger partial charge in [-0.1, -0.05) is 12.1 Å². The number of aryl methyl sites for hydroxylation is 1. The fourth-order valence-corrected chi connectivity index (χ4v) is 3.88. The van der Waals surface area contributed by atoms with Crippen LogP contribution in [0.15, 0.2) is 45.6 Å². The van der Waals surface area contributed by atoms with Crippen molar-refractivity contribution in [2.24, 2.45) is 0 Å². The van der Waals surface area contributed by atoms with Gasteiger partial charge in [0, 0.05) is 29.8 Å². The Morgan fingerprint density at radius 3 is 2.57 bits per heavy atom. The smallest absolute Gasteiger partial charge is 0.196 e. The minimum atomic E-state index is -1.29. The van der Waals surface area contributed by atoms with Crippen molar-refractivity contribution in [3.63, 3.8) is 0 Å². The zero-order valence-corrected chi connectivity index (χ0v) is 16.2. The number of hydrogen-bond acceptors (Lipinski definition) is 8. The first-order valence-electron chi connectivity index (χ1n) is 9.61. The van der Waals surface area contributed by atoms with Crippen LogP contribution in [-0.4, -0.2) is 38.7 Å². The van der Waals surface area contributed by atoms with Crippen LogP contribution >= 0.6 is 0 Å². The van der Waals surface area contributed by atoms with Gasteiger partial charge in [-0.05, 0) is 30.5 Å². The van der Waals surface area contributed by atoms with E-state index in [0.717, 1.165) is 11.6 Å². The molecule has 6 N–H and O–H groups in total. The van der Waals surface area contributed by atoms with Crippen LogP contribution in [0.3, 0.4) is 0 Å². The molecule has 0 saturated heterocycles. The highest BCUT2D eigenvalue weighted by Crippen LogP contribution is 2.43. The zero-order valence-electron chi connectivity index (χ0n) is 16.2. The van der Waals surface area contributed by atoms with Gasteiger partial charge in [0.15, 0.2) is 11.0 Å². The number of phenols is 1. The second kappa shape index (κ2) is 7.64. The van der Waals surface area contributed by atoms with Crippen LogP contribution in [0.25, 0.3) is 11.0 Å². The average Bonchev–Trinajstić information content (AvgIpc) is 2.73. The van der Waals surface area contributed by atoms with Crippen LogP contribution in [0, 0.1) is 0 Å². The van der Waals surface area contributed by atoms with Crippen LogP contribution in [0.1, 0.15) is 23.3 Å². The van der Waals surface area contributed by atoms with Crippen LogP contribution in [-0.2, 0) is 19.4 Å². The van der Waals surface area contributed by atoms with Crippen molar-refractivity contribution in [3.05, 3.63) is 63.5 Å². The summed E-state index contributed by atoms with van der Waals surface area (Å²) in [6.45, 7) is -0.910. The van der Waals surface area contributed by atoms with Crippen molar-refractivity contribution in [2.45, 2.75) is 37.6 Å². The number of fused-ring (bicyclic) bond motifs is 2. The Morgan fingerprint density at radius 2 is 1.90 bits per heavy atom. The fourth-order valence-electron chi connectivity index (χ4n) is 3.88. The molecule has 8 nitrogen and oxygen atoms in total. The highest BCUT2D eigenvalue weighted by molar-refractivity contribution is 5.87. The monoisotopic (exact) mass is 413 g/mol. The molecule has 1 aliphatic heterocycles. The van der Waals surface area contributed by atoms with Gasteiger partial charge in [-0.2, -0.15) is 0 Å². The summed E-state index contributed by atoms with van der Waals surface area (Å²) in [6, 6.07) is 9.85. The van der Waals surface area contributed by atoms with E-state index in [2.05, 4.69) is 0 Å². The minimum absolute atomic E-state index is 0.000591. The molecule has 4 rings (SSSR count). The van der Waals surface area contributed by atoms with Crippen molar-refractivity contribution < 1.29 is 29.6 Å². The third-order valence-corrected chi connectivity index (χ3v) is 5.67. The summed E-state index contributed by atoms with van der Waals surface area (Å²) < 4.78 is 11.5. The van der Waals surface area contributed by atoms with E-state index in [0.29, 0.717) is 18.5 Å². The average molecular weight is 413 g/mol. The Kier molecular flexibility index (Phi) is 5.15. The quantitative estimate of drug-likeness (QED) is 0.393. The molecule has 0 fully saturated rings. The van der Waals surface area contributed by atoms with Crippen molar-refractivity contribution in [1.29, 1.82) is 0 Å². The number of nitrogens with two attached hydrogens (primary N) is 1. The molecule has 1 aliphatic rings. The largest absolute Gasteiger partial charge is 0.507 e. The number of hydrogen-bond donors (Lipinski definition) is 5. The normalized spacial score (nSPS) is 20.7. The highest BCUT2D eigenvalue weighted by atomic mass is 16.5. The number of rotatable bonds is 5. The van der Waals surface area contributed by atoms with Crippen molar-refractivity contribution in [1.82, 2.24) is 0 Å². The van der Waals surface area contributed by atoms with E-state index < -0.39 is 30.3 Å². The first kappa shape index (κ1) is 20.2. The molecule has 0 bridgehead atoms. The molecule has 0 spiro atoms. The molecule has 30 heavy (non-hydrogen) atoms. The van der Waals surface area contributed by atoms with Gasteiger partial charge in [0.1, 0.15) is 40.9 Å². The van der Waals surface area contributed by atoms with Crippen LogP contribution < -0.4 is 15.9 Å². The predicted molar refractivity (Wildman–Crippen MR) is 109 cm³/mol.